The summed E-state index contributed by atoms with van der Waals surface area (Å²) in [5.41, 5.74) is 1.23. The van der Waals surface area contributed by atoms with Crippen molar-refractivity contribution in [1.82, 2.24) is 33.4 Å². The number of benzene rings is 1. The lowest BCUT2D eigenvalue weighted by Crippen LogP contribution is -2.47. The Kier molecular flexibility index (Phi) is 7.37. The zero-order valence-electron chi connectivity index (χ0n) is 21.5. The maximum absolute atomic E-state index is 14.0. The lowest BCUT2D eigenvalue weighted by atomic mass is 10.0. The standard InChI is InChI=1S/C26H33N7O4S/c1-3-13-32-24(25(34)30-15-11-27-12-16-30)23(20-8-5-4-6-9-20)33(26(32)35)21-10-7-14-31(18-21)38(36,37)22-17-28-29(2)19-22/h3-6,8-9,17,19,21,27H,1,7,10-16,18H2,2H3. The Balaban J connectivity index is 1.63. The molecule has 1 amide bonds. The van der Waals surface area contributed by atoms with Crippen molar-refractivity contribution >= 4 is 15.9 Å². The summed E-state index contributed by atoms with van der Waals surface area (Å²) in [4.78, 5) is 29.8. The van der Waals surface area contributed by atoms with E-state index >= 15 is 0 Å². The molecule has 2 aliphatic rings. The number of rotatable bonds is 7. The molecule has 202 valence electrons. The molecule has 12 heteroatoms. The zero-order chi connectivity index (χ0) is 26.9. The largest absolute Gasteiger partial charge is 0.335 e. The van der Waals surface area contributed by atoms with Gasteiger partial charge in [0.1, 0.15) is 10.6 Å². The van der Waals surface area contributed by atoms with Crippen LogP contribution in [0.2, 0.25) is 0 Å². The molecule has 0 bridgehead atoms. The smallest absolute Gasteiger partial charge is 0.329 e. The van der Waals surface area contributed by atoms with Crippen molar-refractivity contribution in [2.24, 2.45) is 7.05 Å². The highest BCUT2D eigenvalue weighted by atomic mass is 32.2. The highest BCUT2D eigenvalue weighted by Gasteiger charge is 2.37. The molecule has 3 aromatic rings. The van der Waals surface area contributed by atoms with E-state index in [2.05, 4.69) is 17.0 Å². The summed E-state index contributed by atoms with van der Waals surface area (Å²) in [5.74, 6) is -0.210. The average Bonchev–Trinajstić information content (AvgIpc) is 3.51. The number of carbonyl (C=O) groups excluding carboxylic acids is 1. The van der Waals surface area contributed by atoms with Crippen molar-refractivity contribution in [3.8, 4) is 11.3 Å². The third kappa shape index (κ3) is 4.74. The number of carbonyl (C=O) groups is 1. The van der Waals surface area contributed by atoms with Crippen LogP contribution in [0.15, 0.2) is 65.1 Å². The topological polar surface area (TPSA) is 114 Å². The minimum absolute atomic E-state index is 0.120. The molecule has 11 nitrogen and oxygen atoms in total. The maximum Gasteiger partial charge on any atom is 0.329 e. The van der Waals surface area contributed by atoms with E-state index in [4.69, 9.17) is 0 Å². The van der Waals surface area contributed by atoms with Gasteiger partial charge >= 0.3 is 5.69 Å². The van der Waals surface area contributed by atoms with Crippen LogP contribution < -0.4 is 11.0 Å². The summed E-state index contributed by atoms with van der Waals surface area (Å²) in [7, 11) is -2.12. The predicted molar refractivity (Wildman–Crippen MR) is 143 cm³/mol. The molecule has 0 radical (unpaired) electrons. The number of aromatic nitrogens is 4. The van der Waals surface area contributed by atoms with Gasteiger partial charge in [0.15, 0.2) is 0 Å². The predicted octanol–water partition coefficient (Wildman–Crippen LogP) is 1.31. The number of allylic oxidation sites excluding steroid dienone is 1. The summed E-state index contributed by atoms with van der Waals surface area (Å²) < 4.78 is 32.8. The second-order valence-corrected chi connectivity index (χ2v) is 11.6. The van der Waals surface area contributed by atoms with Crippen LogP contribution in [0.25, 0.3) is 11.3 Å². The van der Waals surface area contributed by atoms with E-state index in [1.807, 2.05) is 30.3 Å². The van der Waals surface area contributed by atoms with Gasteiger partial charge in [-0.05, 0) is 12.8 Å². The lowest BCUT2D eigenvalue weighted by Gasteiger charge is -2.33. The number of nitrogens with zero attached hydrogens (tertiary/aromatic N) is 6. The molecule has 2 aromatic heterocycles. The fourth-order valence-corrected chi connectivity index (χ4v) is 6.84. The minimum atomic E-state index is -3.79. The zero-order valence-corrected chi connectivity index (χ0v) is 22.3. The first-order valence-corrected chi connectivity index (χ1v) is 14.3. The number of amides is 1. The summed E-state index contributed by atoms with van der Waals surface area (Å²) in [6.45, 7) is 6.91. The highest BCUT2D eigenvalue weighted by Crippen LogP contribution is 2.32. The summed E-state index contributed by atoms with van der Waals surface area (Å²) in [6.07, 6.45) is 5.61. The molecular weight excluding hydrogens is 506 g/mol. The number of hydrogen-bond donors (Lipinski definition) is 1. The second-order valence-electron chi connectivity index (χ2n) is 9.67. The molecular formula is C26H33N7O4S. The van der Waals surface area contributed by atoms with Crippen LogP contribution in [0.4, 0.5) is 0 Å². The second kappa shape index (κ2) is 10.7. The molecule has 0 aliphatic carbocycles. The number of aryl methyl sites for hydroxylation is 1. The molecule has 1 atom stereocenters. The minimum Gasteiger partial charge on any atom is -0.335 e. The van der Waals surface area contributed by atoms with Gasteiger partial charge in [0.2, 0.25) is 10.0 Å². The van der Waals surface area contributed by atoms with Crippen molar-refractivity contribution in [2.45, 2.75) is 30.3 Å². The van der Waals surface area contributed by atoms with Crippen LogP contribution in [0, 0.1) is 0 Å². The van der Waals surface area contributed by atoms with Gasteiger partial charge in [-0.15, -0.1) is 6.58 Å². The van der Waals surface area contributed by atoms with Crippen LogP contribution in [0.1, 0.15) is 29.4 Å². The van der Waals surface area contributed by atoms with Gasteiger partial charge < -0.3 is 10.2 Å². The van der Waals surface area contributed by atoms with Gasteiger partial charge in [-0.2, -0.15) is 9.40 Å². The summed E-state index contributed by atoms with van der Waals surface area (Å²) >= 11 is 0. The van der Waals surface area contributed by atoms with Gasteiger partial charge in [-0.3, -0.25) is 18.6 Å². The van der Waals surface area contributed by atoms with Gasteiger partial charge in [0, 0.05) is 64.6 Å². The fourth-order valence-electron chi connectivity index (χ4n) is 5.34. The number of piperazine rings is 1. The Morgan fingerprint density at radius 2 is 1.92 bits per heavy atom. The quantitative estimate of drug-likeness (QED) is 0.453. The molecule has 1 unspecified atom stereocenters. The number of sulfonamides is 1. The third-order valence-electron chi connectivity index (χ3n) is 7.18. The van der Waals surface area contributed by atoms with Crippen molar-refractivity contribution in [3.63, 3.8) is 0 Å². The summed E-state index contributed by atoms with van der Waals surface area (Å²) in [5, 5.41) is 7.28. The van der Waals surface area contributed by atoms with Gasteiger partial charge in [-0.25, -0.2) is 13.2 Å². The Hall–Kier alpha value is -3.48. The Labute approximate surface area is 222 Å². The molecule has 1 N–H and O–H groups in total. The fraction of sp³-hybridized carbons (Fsp3) is 0.423. The first kappa shape index (κ1) is 26.1. The lowest BCUT2D eigenvalue weighted by molar-refractivity contribution is 0.0726. The molecule has 1 aromatic carbocycles. The first-order chi connectivity index (χ1) is 18.3. The van der Waals surface area contributed by atoms with Gasteiger partial charge in [-0.1, -0.05) is 36.4 Å². The number of hydrogen-bond acceptors (Lipinski definition) is 6. The molecule has 0 saturated carbocycles. The number of nitrogens with one attached hydrogen (secondary N) is 1. The number of imidazole rings is 1. The normalized spacial score (nSPS) is 19.0. The Morgan fingerprint density at radius 3 is 2.58 bits per heavy atom. The molecule has 4 heterocycles. The monoisotopic (exact) mass is 539 g/mol. The van der Waals surface area contributed by atoms with Crippen LogP contribution in [0.3, 0.4) is 0 Å². The molecule has 5 rings (SSSR count). The van der Waals surface area contributed by atoms with E-state index in [0.29, 0.717) is 57.0 Å². The molecule has 38 heavy (non-hydrogen) atoms. The van der Waals surface area contributed by atoms with Crippen molar-refractivity contribution in [1.29, 1.82) is 0 Å². The third-order valence-corrected chi connectivity index (χ3v) is 9.00. The van der Waals surface area contributed by atoms with Gasteiger partial charge in [0.25, 0.3) is 5.91 Å². The SMILES string of the molecule is C=CCn1c(C(=O)N2CCNCC2)c(-c2ccccc2)n(C2CCCN(S(=O)(=O)c3cnn(C)c3)C2)c1=O. The van der Waals surface area contributed by atoms with Crippen LogP contribution in [-0.2, 0) is 23.6 Å². The highest BCUT2D eigenvalue weighted by molar-refractivity contribution is 7.89. The van der Waals surface area contributed by atoms with E-state index in [1.54, 1.807) is 22.6 Å². The maximum atomic E-state index is 14.0. The van der Waals surface area contributed by atoms with E-state index < -0.39 is 16.1 Å². The van der Waals surface area contributed by atoms with E-state index in [1.165, 1.54) is 25.9 Å². The van der Waals surface area contributed by atoms with Crippen molar-refractivity contribution < 1.29 is 13.2 Å². The van der Waals surface area contributed by atoms with Crippen LogP contribution >= 0.6 is 0 Å². The van der Waals surface area contributed by atoms with Crippen LogP contribution in [0.5, 0.6) is 0 Å². The summed E-state index contributed by atoms with van der Waals surface area (Å²) in [6, 6.07) is 8.93. The Bertz CT molecular complexity index is 1480. The molecule has 2 saturated heterocycles. The van der Waals surface area contributed by atoms with Crippen molar-refractivity contribution in [3.05, 3.63) is 71.6 Å². The molecule has 2 fully saturated rings. The first-order valence-electron chi connectivity index (χ1n) is 12.8. The van der Waals surface area contributed by atoms with E-state index in [9.17, 15) is 18.0 Å². The van der Waals surface area contributed by atoms with Crippen molar-refractivity contribution in [2.75, 3.05) is 39.3 Å². The van der Waals surface area contributed by atoms with Crippen LogP contribution in [-0.4, -0.2) is 81.7 Å². The Morgan fingerprint density at radius 1 is 1.18 bits per heavy atom. The average molecular weight is 540 g/mol. The number of piperidine rings is 1. The van der Waals surface area contributed by atoms with E-state index in [0.717, 1.165) is 5.56 Å². The van der Waals surface area contributed by atoms with Gasteiger partial charge in [0.05, 0.1) is 17.9 Å². The molecule has 2 aliphatic heterocycles. The molecule has 0 spiro atoms. The van der Waals surface area contributed by atoms with E-state index in [-0.39, 0.29) is 29.6 Å².